The molecule has 0 bridgehead atoms. The number of furan rings is 4. The minimum absolute atomic E-state index is 0.0126. The summed E-state index contributed by atoms with van der Waals surface area (Å²) in [6.45, 7) is 27.5. The van der Waals surface area contributed by atoms with Crippen molar-refractivity contribution in [2.24, 2.45) is 0 Å². The minimum atomic E-state index is 0.0126. The van der Waals surface area contributed by atoms with Crippen LogP contribution in [0, 0.1) is 0 Å². The molecular formula is C142H132N4O4. The Hall–Kier alpha value is -15.1. The number of hydrogen-bond acceptors (Lipinski definition) is 8. The zero-order chi connectivity index (χ0) is 101. The lowest BCUT2D eigenvalue weighted by molar-refractivity contribution is 0.442. The summed E-state index contributed by atoms with van der Waals surface area (Å²) in [5, 5.41) is 24.1. The van der Waals surface area contributed by atoms with E-state index in [4.69, 9.17) is 17.7 Å². The lowest BCUT2D eigenvalue weighted by Gasteiger charge is -2.30. The van der Waals surface area contributed by atoms with E-state index in [1.807, 2.05) is 0 Å². The van der Waals surface area contributed by atoms with Crippen molar-refractivity contribution in [3.05, 3.63) is 384 Å². The van der Waals surface area contributed by atoms with Crippen LogP contribution in [0.3, 0.4) is 0 Å². The third kappa shape index (κ3) is 15.8. The van der Waals surface area contributed by atoms with Gasteiger partial charge in [-0.3, -0.25) is 0 Å². The van der Waals surface area contributed by atoms with Crippen LogP contribution in [-0.4, -0.2) is 0 Å². The molecule has 4 aliphatic carbocycles. The van der Waals surface area contributed by atoms with Crippen LogP contribution in [0.2, 0.25) is 0 Å². The van der Waals surface area contributed by atoms with Gasteiger partial charge in [-0.15, -0.1) is 0 Å². The first kappa shape index (κ1) is 93.4. The van der Waals surface area contributed by atoms with Crippen molar-refractivity contribution < 1.29 is 17.7 Å². The molecule has 4 heterocycles. The lowest BCUT2D eigenvalue weighted by atomic mass is 9.83. The van der Waals surface area contributed by atoms with Crippen LogP contribution in [0.25, 0.3) is 152 Å². The average Bonchev–Trinajstić information content (AvgIpc) is 0.907. The fourth-order valence-electron chi connectivity index (χ4n) is 27.0. The van der Waals surface area contributed by atoms with Crippen LogP contribution >= 0.6 is 0 Å². The molecule has 4 saturated carbocycles. The van der Waals surface area contributed by atoms with Crippen LogP contribution in [0.4, 0.5) is 68.2 Å². The van der Waals surface area contributed by atoms with Crippen LogP contribution in [0.5, 0.6) is 0 Å². The molecule has 8 nitrogen and oxygen atoms in total. The summed E-state index contributed by atoms with van der Waals surface area (Å²) >= 11 is 0. The van der Waals surface area contributed by atoms with E-state index in [2.05, 4.69) is 442 Å². The Bertz CT molecular complexity index is 8800. The highest BCUT2D eigenvalue weighted by Gasteiger charge is 2.36. The molecule has 4 aromatic heterocycles. The van der Waals surface area contributed by atoms with Gasteiger partial charge < -0.3 is 37.3 Å². The first-order valence-corrected chi connectivity index (χ1v) is 55.8. The fourth-order valence-corrected chi connectivity index (χ4v) is 27.0. The summed E-state index contributed by atoms with van der Waals surface area (Å²) in [4.78, 5) is 9.86. The highest BCUT2D eigenvalue weighted by Crippen LogP contribution is 2.58. The van der Waals surface area contributed by atoms with Gasteiger partial charge in [0.05, 0.1) is 45.5 Å². The highest BCUT2D eigenvalue weighted by atomic mass is 16.3. The summed E-state index contributed by atoms with van der Waals surface area (Å²) in [5.41, 5.74) is 31.6. The number of anilines is 12. The Labute approximate surface area is 880 Å². The molecule has 744 valence electrons. The molecular weight excluding hydrogens is 1830 g/mol. The van der Waals surface area contributed by atoms with Crippen LogP contribution in [-0.2, 0) is 21.7 Å². The zero-order valence-electron chi connectivity index (χ0n) is 88.8. The average molecular weight is 1960 g/mol. The predicted octanol–water partition coefficient (Wildman–Crippen LogP) is 43.2. The van der Waals surface area contributed by atoms with Crippen molar-refractivity contribution >= 4 is 221 Å². The van der Waals surface area contributed by atoms with Gasteiger partial charge in [-0.25, -0.2) is 0 Å². The second kappa shape index (κ2) is 36.4. The molecule has 0 atom stereocenters. The fraction of sp³-hybridized carbons (Fsp3) is 0.268. The Morgan fingerprint density at radius 3 is 0.547 bits per heavy atom. The number of hydrogen-bond donors (Lipinski definition) is 0. The maximum atomic E-state index is 7.28. The van der Waals surface area contributed by atoms with Crippen molar-refractivity contribution in [3.63, 3.8) is 0 Å². The molecule has 4 aliphatic rings. The summed E-state index contributed by atoms with van der Waals surface area (Å²) < 4.78 is 29.0. The molecule has 20 aromatic carbocycles. The predicted molar refractivity (Wildman–Crippen MR) is 637 cm³/mol. The quantitative estimate of drug-likeness (QED) is 0.0887. The van der Waals surface area contributed by atoms with Crippen molar-refractivity contribution in [3.8, 4) is 0 Å². The first-order valence-electron chi connectivity index (χ1n) is 55.8. The van der Waals surface area contributed by atoms with E-state index in [0.717, 1.165) is 134 Å². The molecule has 0 aliphatic heterocycles. The van der Waals surface area contributed by atoms with Gasteiger partial charge >= 0.3 is 0 Å². The maximum Gasteiger partial charge on any atom is 0.159 e. The van der Waals surface area contributed by atoms with Gasteiger partial charge in [-0.05, 0) is 281 Å². The molecule has 0 N–H and O–H groups in total. The van der Waals surface area contributed by atoms with Gasteiger partial charge in [0.1, 0.15) is 22.3 Å². The molecule has 24 aromatic rings. The number of fused-ring (bicyclic) bond motifs is 12. The van der Waals surface area contributed by atoms with E-state index in [1.54, 1.807) is 0 Å². The topological polar surface area (TPSA) is 65.5 Å². The highest BCUT2D eigenvalue weighted by molar-refractivity contribution is 6.31. The largest absolute Gasteiger partial charge is 0.454 e. The summed E-state index contributed by atoms with van der Waals surface area (Å²) in [5.74, 6) is 2.11. The molecule has 0 spiro atoms. The molecule has 0 unspecified atom stereocenters. The van der Waals surface area contributed by atoms with Gasteiger partial charge in [0.15, 0.2) is 22.3 Å². The van der Waals surface area contributed by atoms with E-state index >= 15 is 0 Å². The van der Waals surface area contributed by atoms with Crippen molar-refractivity contribution in [1.29, 1.82) is 0 Å². The zero-order valence-corrected chi connectivity index (χ0v) is 88.8. The normalized spacial score (nSPS) is 15.3. The van der Waals surface area contributed by atoms with E-state index in [0.29, 0.717) is 23.7 Å². The summed E-state index contributed by atoms with van der Waals surface area (Å²) in [6.07, 6.45) is 22.6. The Balaban J connectivity index is 0.000000148. The van der Waals surface area contributed by atoms with Crippen molar-refractivity contribution in [2.75, 3.05) is 19.6 Å². The number of para-hydroxylation sites is 8. The van der Waals surface area contributed by atoms with Gasteiger partial charge in [-0.2, -0.15) is 0 Å². The van der Waals surface area contributed by atoms with E-state index < -0.39 is 0 Å². The third-order valence-corrected chi connectivity index (χ3v) is 34.9. The minimum Gasteiger partial charge on any atom is -0.454 e. The van der Waals surface area contributed by atoms with Gasteiger partial charge in [0.2, 0.25) is 0 Å². The molecule has 150 heavy (non-hydrogen) atoms. The monoisotopic (exact) mass is 1960 g/mol. The Morgan fingerprint density at radius 2 is 0.347 bits per heavy atom. The van der Waals surface area contributed by atoms with E-state index in [9.17, 15) is 0 Å². The lowest BCUT2D eigenvalue weighted by Crippen LogP contribution is -2.14. The molecule has 0 saturated heterocycles. The second-order valence-corrected chi connectivity index (χ2v) is 48.3. The summed E-state index contributed by atoms with van der Waals surface area (Å²) in [7, 11) is 0. The maximum absolute atomic E-state index is 7.28. The number of nitrogens with zero attached hydrogens (tertiary/aromatic N) is 4. The van der Waals surface area contributed by atoms with Crippen molar-refractivity contribution in [2.45, 2.75) is 244 Å². The van der Waals surface area contributed by atoms with Crippen LogP contribution in [0.15, 0.2) is 357 Å². The smallest absolute Gasteiger partial charge is 0.159 e. The van der Waals surface area contributed by atoms with E-state index in [-0.39, 0.29) is 21.7 Å². The van der Waals surface area contributed by atoms with Gasteiger partial charge in [-0.1, -0.05) is 390 Å². The Kier molecular flexibility index (Phi) is 22.7. The Morgan fingerprint density at radius 1 is 0.167 bits per heavy atom. The van der Waals surface area contributed by atoms with Crippen LogP contribution in [0.1, 0.15) is 267 Å². The second-order valence-electron chi connectivity index (χ2n) is 48.3. The third-order valence-electron chi connectivity index (χ3n) is 34.9. The van der Waals surface area contributed by atoms with Gasteiger partial charge in [0.25, 0.3) is 0 Å². The number of benzene rings is 20. The molecule has 0 radical (unpaired) electrons. The first-order chi connectivity index (χ1) is 72.9. The molecule has 4 fully saturated rings. The number of rotatable bonds is 16. The van der Waals surface area contributed by atoms with Gasteiger partial charge in [0, 0.05) is 87.4 Å². The SMILES string of the molecule is CC(C)(C)c1ccc(N(c2ccc3ccc4c(N(c5ccc(C(C)(C)C)cc5)c5cccc6c5oc5c(C7CCCC7)cccc56)ccc5ccc2c3c54)c2cccc3c2oc2c(C4CCCC4)cccc23)cc1.CC(C)(C)c1ccc(N(c2ccc3ccc4c(N(c5ccc(C(C)(C)C)cc5)c5cccc6c5oc5c(C7CCCCC7)cccc56)ccc5ccc2c3c54)c2cccc3c2oc2c(C4CCCCC4)cccc23)cc1. The molecule has 0 amide bonds. The van der Waals surface area contributed by atoms with Crippen LogP contribution < -0.4 is 19.6 Å². The standard InChI is InChI=1S/C72H68N2O2.C70H64N2O2/c1-71(2,3)49-33-37-51(38-34-49)73(63-27-15-25-57-55-23-13-21-53(67(55)75-69(57)63)45-17-9-7-10-18-45)61-43-31-47-30-42-60-62(44-32-48-29-41-59(61)65(47)66(48)60)74(52-39-35-50(36-40-52)72(4,5)6)64-28-16-26-58-56-24-14-22-54(68(56)76-70(58)64)46-19-11-8-12-20-46;1-69(2,3)47-31-35-49(36-32-47)71(61-25-13-23-55-53-21-11-19-51(43-15-7-8-16-43)65(53)73-67(55)61)59-41-29-45-28-40-58-60(42-30-46-27-39-57(59)63(45)64(46)58)72(50-37-33-48(34-38-50)70(4,5)6)62-26-14-24-56-54-22-12-20-52(44-17-9-10-18-44)66(54)74-68(56)62/h13-16,21-46H,7-12,17-20H2,1-6H3;11-14,19-44H,7-10,15-18H2,1-6H3. The van der Waals surface area contributed by atoms with Crippen molar-refractivity contribution in [1.82, 2.24) is 0 Å². The molecule has 8 heteroatoms. The summed E-state index contributed by atoms with van der Waals surface area (Å²) in [6, 6.07) is 129. The van der Waals surface area contributed by atoms with E-state index in [1.165, 1.54) is 246 Å². The molecule has 28 rings (SSSR count).